The molecule has 39 heavy (non-hydrogen) atoms. The molecule has 1 N–H and O–H groups in total. The van der Waals surface area contributed by atoms with E-state index in [4.69, 9.17) is 0 Å². The smallest absolute Gasteiger partial charge is 0.273 e. The Bertz CT molecular complexity index is 1460. The lowest BCUT2D eigenvalue weighted by Gasteiger charge is -2.43. The average Bonchev–Trinajstić information content (AvgIpc) is 3.33. The Morgan fingerprint density at radius 3 is 2.56 bits per heavy atom. The number of aromatic nitrogens is 2. The third-order valence-electron chi connectivity index (χ3n) is 8.20. The molecule has 3 aliphatic heterocycles. The van der Waals surface area contributed by atoms with E-state index in [-0.39, 0.29) is 41.5 Å². The number of thiophene rings is 1. The Balaban J connectivity index is 1.00. The van der Waals surface area contributed by atoms with Crippen LogP contribution >= 0.6 is 11.3 Å². The van der Waals surface area contributed by atoms with E-state index in [9.17, 15) is 19.2 Å². The Kier molecular flexibility index (Phi) is 5.76. The van der Waals surface area contributed by atoms with Gasteiger partial charge >= 0.3 is 0 Å². The first kappa shape index (κ1) is 24.1. The molecule has 7 rings (SSSR count). The van der Waals surface area contributed by atoms with Crippen LogP contribution in [0.5, 0.6) is 0 Å². The first-order valence-electron chi connectivity index (χ1n) is 13.3. The summed E-state index contributed by atoms with van der Waals surface area (Å²) in [6.45, 7) is 3.20. The van der Waals surface area contributed by atoms with Crippen LogP contribution in [0.3, 0.4) is 0 Å². The van der Waals surface area contributed by atoms with Crippen molar-refractivity contribution in [3.05, 3.63) is 69.7 Å². The molecule has 1 aromatic carbocycles. The predicted octanol–water partition coefficient (Wildman–Crippen LogP) is 2.55. The molecule has 4 aliphatic rings. The van der Waals surface area contributed by atoms with Gasteiger partial charge in [-0.15, -0.1) is 11.3 Å². The van der Waals surface area contributed by atoms with E-state index in [0.29, 0.717) is 61.8 Å². The van der Waals surface area contributed by atoms with Crippen LogP contribution in [0.1, 0.15) is 48.9 Å². The van der Waals surface area contributed by atoms with Gasteiger partial charge in [-0.3, -0.25) is 23.9 Å². The van der Waals surface area contributed by atoms with Gasteiger partial charge in [0.25, 0.3) is 17.7 Å². The highest BCUT2D eigenvalue weighted by Gasteiger charge is 2.49. The summed E-state index contributed by atoms with van der Waals surface area (Å²) in [7, 11) is 0. The molecule has 1 aliphatic carbocycles. The van der Waals surface area contributed by atoms with Gasteiger partial charge in [0, 0.05) is 54.1 Å². The number of likely N-dealkylation sites (tertiary alicyclic amines) is 2. The Hall–Kier alpha value is -3.99. The van der Waals surface area contributed by atoms with Crippen molar-refractivity contribution < 1.29 is 19.2 Å². The molecule has 5 heterocycles. The molecule has 3 aromatic rings. The minimum atomic E-state index is -0.208. The quantitative estimate of drug-likeness (QED) is 0.513. The maximum atomic E-state index is 13.6. The number of carbonyl (C=O) groups excluding carboxylic acids is 4. The van der Waals surface area contributed by atoms with Crippen LogP contribution in [0.25, 0.3) is 0 Å². The molecule has 0 bridgehead atoms. The normalized spacial score (nSPS) is 21.8. The summed E-state index contributed by atoms with van der Waals surface area (Å²) in [6.07, 6.45) is 3.39. The Morgan fingerprint density at radius 1 is 1.00 bits per heavy atom. The van der Waals surface area contributed by atoms with Crippen LogP contribution in [-0.2, 0) is 17.9 Å². The molecule has 0 radical (unpaired) electrons. The summed E-state index contributed by atoms with van der Waals surface area (Å²) in [4.78, 5) is 58.5. The molecule has 1 saturated carbocycles. The van der Waals surface area contributed by atoms with Gasteiger partial charge in [-0.2, -0.15) is 5.10 Å². The second-order valence-electron chi connectivity index (χ2n) is 10.8. The van der Waals surface area contributed by atoms with E-state index in [2.05, 4.69) is 10.4 Å². The second-order valence-corrected chi connectivity index (χ2v) is 11.8. The highest BCUT2D eigenvalue weighted by atomic mass is 32.1. The van der Waals surface area contributed by atoms with E-state index < -0.39 is 0 Å². The standard InChI is InChI=1S/C28H28N6O4S/c35-25(17-3-4-17)30-20-7-5-18(6-8-20)26(36)33-14-19-13-32(16-23(19)33)27(37)22-12-29-34-10-9-31(28(38)24(22)34)15-21-2-1-11-39-21/h1-2,5-8,11-12,17,19,23H,3-4,9-10,13-16H2,(H,30,35)/t19-,23+/m0/s1. The molecule has 200 valence electrons. The minimum Gasteiger partial charge on any atom is -0.336 e. The van der Waals surface area contributed by atoms with Crippen LogP contribution in [0.15, 0.2) is 48.0 Å². The summed E-state index contributed by atoms with van der Waals surface area (Å²) in [5, 5.41) is 9.22. The van der Waals surface area contributed by atoms with Crippen molar-refractivity contribution in [1.29, 1.82) is 0 Å². The maximum Gasteiger partial charge on any atom is 0.273 e. The molecule has 0 spiro atoms. The first-order chi connectivity index (χ1) is 19.0. The number of rotatable bonds is 6. The number of benzene rings is 1. The lowest BCUT2D eigenvalue weighted by atomic mass is 9.91. The Morgan fingerprint density at radius 2 is 1.82 bits per heavy atom. The van der Waals surface area contributed by atoms with Crippen molar-refractivity contribution >= 4 is 40.7 Å². The van der Waals surface area contributed by atoms with Crippen LogP contribution in [0.4, 0.5) is 5.69 Å². The van der Waals surface area contributed by atoms with Crippen molar-refractivity contribution in [1.82, 2.24) is 24.5 Å². The third-order valence-corrected chi connectivity index (χ3v) is 9.06. The highest BCUT2D eigenvalue weighted by molar-refractivity contribution is 7.09. The van der Waals surface area contributed by atoms with Crippen molar-refractivity contribution in [3.63, 3.8) is 0 Å². The third kappa shape index (κ3) is 4.30. The average molecular weight is 545 g/mol. The van der Waals surface area contributed by atoms with E-state index in [0.717, 1.165) is 17.7 Å². The number of amides is 4. The summed E-state index contributed by atoms with van der Waals surface area (Å²) >= 11 is 1.61. The maximum absolute atomic E-state index is 13.6. The van der Waals surface area contributed by atoms with Gasteiger partial charge in [0.2, 0.25) is 5.91 Å². The number of carbonyl (C=O) groups is 4. The minimum absolute atomic E-state index is 0.0342. The largest absolute Gasteiger partial charge is 0.336 e. The lowest BCUT2D eigenvalue weighted by molar-refractivity contribution is -0.117. The summed E-state index contributed by atoms with van der Waals surface area (Å²) < 4.78 is 1.64. The van der Waals surface area contributed by atoms with E-state index in [1.807, 2.05) is 22.4 Å². The monoisotopic (exact) mass is 544 g/mol. The number of fused-ring (bicyclic) bond motifs is 2. The number of anilines is 1. The molecule has 3 fully saturated rings. The zero-order valence-corrected chi connectivity index (χ0v) is 22.1. The van der Waals surface area contributed by atoms with Crippen molar-refractivity contribution in [2.45, 2.75) is 32.0 Å². The van der Waals surface area contributed by atoms with Crippen LogP contribution in [0, 0.1) is 11.8 Å². The van der Waals surface area contributed by atoms with Crippen LogP contribution in [-0.4, -0.2) is 80.3 Å². The number of hydrogen-bond donors (Lipinski definition) is 1. The van der Waals surface area contributed by atoms with Gasteiger partial charge in [-0.05, 0) is 48.6 Å². The number of nitrogens with zero attached hydrogens (tertiary/aromatic N) is 5. The van der Waals surface area contributed by atoms with Crippen LogP contribution < -0.4 is 5.32 Å². The van der Waals surface area contributed by atoms with Gasteiger partial charge in [0.1, 0.15) is 5.69 Å². The molecular weight excluding hydrogens is 516 g/mol. The molecular formula is C28H28N6O4S. The topological polar surface area (TPSA) is 108 Å². The van der Waals surface area contributed by atoms with Gasteiger partial charge in [0.05, 0.1) is 30.9 Å². The lowest BCUT2D eigenvalue weighted by Crippen LogP contribution is -2.58. The molecule has 10 nitrogen and oxygen atoms in total. The SMILES string of the molecule is O=C(Nc1ccc(C(=O)N2C[C@@H]3CN(C(=O)c4cnn5c4C(=O)N(Cc4cccs4)CC5)C[C@H]32)cc1)C1CC1. The fraction of sp³-hybridized carbons (Fsp3) is 0.393. The summed E-state index contributed by atoms with van der Waals surface area (Å²) in [6, 6.07) is 10.9. The molecule has 4 amide bonds. The zero-order chi connectivity index (χ0) is 26.7. The van der Waals surface area contributed by atoms with Crippen molar-refractivity contribution in [2.75, 3.05) is 31.5 Å². The van der Waals surface area contributed by atoms with E-state index in [1.165, 1.54) is 6.20 Å². The fourth-order valence-electron chi connectivity index (χ4n) is 5.80. The zero-order valence-electron chi connectivity index (χ0n) is 21.3. The van der Waals surface area contributed by atoms with Crippen LogP contribution in [0.2, 0.25) is 0 Å². The first-order valence-corrected chi connectivity index (χ1v) is 14.2. The van der Waals surface area contributed by atoms with Gasteiger partial charge in [0.15, 0.2) is 0 Å². The number of nitrogens with one attached hydrogen (secondary N) is 1. The summed E-state index contributed by atoms with van der Waals surface area (Å²) in [5.41, 5.74) is 1.93. The number of hydrogen-bond acceptors (Lipinski definition) is 6. The Labute approximate surface area is 229 Å². The molecule has 2 atom stereocenters. The van der Waals surface area contributed by atoms with Crippen molar-refractivity contribution in [3.8, 4) is 0 Å². The fourth-order valence-corrected chi connectivity index (χ4v) is 6.52. The molecule has 0 unspecified atom stereocenters. The highest BCUT2D eigenvalue weighted by Crippen LogP contribution is 2.35. The van der Waals surface area contributed by atoms with E-state index >= 15 is 0 Å². The summed E-state index contributed by atoms with van der Waals surface area (Å²) in [5.74, 6) is -0.0902. The predicted molar refractivity (Wildman–Crippen MR) is 143 cm³/mol. The van der Waals surface area contributed by atoms with Gasteiger partial charge in [-0.25, -0.2) is 0 Å². The second kappa shape index (κ2) is 9.33. The molecule has 2 saturated heterocycles. The van der Waals surface area contributed by atoms with E-state index in [1.54, 1.807) is 50.1 Å². The van der Waals surface area contributed by atoms with Gasteiger partial charge < -0.3 is 20.0 Å². The van der Waals surface area contributed by atoms with Crippen molar-refractivity contribution in [2.24, 2.45) is 11.8 Å². The van der Waals surface area contributed by atoms with Gasteiger partial charge in [-0.1, -0.05) is 6.07 Å². The molecule has 2 aromatic heterocycles. The molecule has 11 heteroatoms.